The van der Waals surface area contributed by atoms with Gasteiger partial charge in [0, 0.05) is 35.0 Å². The monoisotopic (exact) mass is 456 g/mol. The highest BCUT2D eigenvalue weighted by molar-refractivity contribution is 7.99. The predicted octanol–water partition coefficient (Wildman–Crippen LogP) is 5.86. The molecule has 0 radical (unpaired) electrons. The van der Waals surface area contributed by atoms with Crippen molar-refractivity contribution in [3.05, 3.63) is 84.5 Å². The molecule has 6 nitrogen and oxygen atoms in total. The van der Waals surface area contributed by atoms with Gasteiger partial charge in [0.2, 0.25) is 0 Å². The average Bonchev–Trinajstić information content (AvgIpc) is 3.54. The molecule has 3 aromatic heterocycles. The van der Waals surface area contributed by atoms with Gasteiger partial charge in [-0.25, -0.2) is 14.4 Å². The number of para-hydroxylation sites is 1. The van der Waals surface area contributed by atoms with Gasteiger partial charge >= 0.3 is 0 Å². The minimum Gasteiger partial charge on any atom is -0.451 e. The van der Waals surface area contributed by atoms with Crippen molar-refractivity contribution in [1.29, 1.82) is 0 Å². The second-order valence-electron chi connectivity index (χ2n) is 7.63. The van der Waals surface area contributed by atoms with E-state index < -0.39 is 0 Å². The highest BCUT2D eigenvalue weighted by Crippen LogP contribution is 2.39. The molecule has 0 aliphatic carbocycles. The molecule has 1 amide bonds. The Morgan fingerprint density at radius 3 is 2.76 bits per heavy atom. The van der Waals surface area contributed by atoms with E-state index in [1.807, 2.05) is 36.4 Å². The highest BCUT2D eigenvalue weighted by atomic mass is 32.2. The number of aromatic nitrogens is 3. The number of carbonyl (C=O) groups is 1. The molecule has 33 heavy (non-hydrogen) atoms. The zero-order chi connectivity index (χ0) is 22.4. The lowest BCUT2D eigenvalue weighted by Crippen LogP contribution is -2.12. The minimum atomic E-state index is -0.372. The standard InChI is InChI=1S/C25H17FN4O2S/c26-18-7-5-15(6-8-18)22-23(30-11-12-33-25(30)29-22)17-9-10-27-21(14-17)28-24(31)20-13-16-3-1-2-4-19(16)32-20/h1-10,13-14H,11-12H2,(H,27,28,31). The van der Waals surface area contributed by atoms with Crippen LogP contribution in [-0.2, 0) is 6.54 Å². The SMILES string of the molecule is O=C(Nc1cc(-c2c(-c3ccc(F)cc3)nc3n2CCS3)ccn1)c1cc2ccccc2o1. The summed E-state index contributed by atoms with van der Waals surface area (Å²) in [6.45, 7) is 0.826. The molecule has 0 bridgehead atoms. The van der Waals surface area contributed by atoms with Crippen molar-refractivity contribution in [2.24, 2.45) is 0 Å². The lowest BCUT2D eigenvalue weighted by Gasteiger charge is -2.10. The van der Waals surface area contributed by atoms with Gasteiger partial charge in [0.05, 0.1) is 11.4 Å². The lowest BCUT2D eigenvalue weighted by atomic mass is 10.1. The number of furan rings is 1. The zero-order valence-corrected chi connectivity index (χ0v) is 18.1. The fourth-order valence-electron chi connectivity index (χ4n) is 4.00. The number of halogens is 1. The van der Waals surface area contributed by atoms with Crippen LogP contribution in [0.4, 0.5) is 10.2 Å². The fourth-order valence-corrected chi connectivity index (χ4v) is 4.95. The number of hydrogen-bond donors (Lipinski definition) is 1. The van der Waals surface area contributed by atoms with Crippen LogP contribution in [0.2, 0.25) is 0 Å². The smallest absolute Gasteiger partial charge is 0.292 e. The van der Waals surface area contributed by atoms with E-state index in [1.165, 1.54) is 12.1 Å². The number of imidazole rings is 1. The number of rotatable bonds is 4. The number of amides is 1. The molecule has 5 aromatic rings. The van der Waals surface area contributed by atoms with Crippen LogP contribution < -0.4 is 5.32 Å². The van der Waals surface area contributed by atoms with Gasteiger partial charge in [0.15, 0.2) is 10.9 Å². The normalized spacial score (nSPS) is 12.8. The van der Waals surface area contributed by atoms with E-state index in [4.69, 9.17) is 9.40 Å². The fraction of sp³-hybridized carbons (Fsp3) is 0.0800. The number of nitrogens with zero attached hydrogens (tertiary/aromatic N) is 3. The Kier molecular flexibility index (Phi) is 4.73. The molecule has 0 fully saturated rings. The van der Waals surface area contributed by atoms with E-state index in [9.17, 15) is 9.18 Å². The number of anilines is 1. The van der Waals surface area contributed by atoms with Crippen LogP contribution in [0.3, 0.4) is 0 Å². The second kappa shape index (κ2) is 7.90. The maximum Gasteiger partial charge on any atom is 0.292 e. The highest BCUT2D eigenvalue weighted by Gasteiger charge is 2.24. The van der Waals surface area contributed by atoms with Crippen molar-refractivity contribution in [3.8, 4) is 22.5 Å². The van der Waals surface area contributed by atoms with Crippen molar-refractivity contribution in [1.82, 2.24) is 14.5 Å². The first-order valence-electron chi connectivity index (χ1n) is 10.4. The van der Waals surface area contributed by atoms with E-state index in [0.29, 0.717) is 11.4 Å². The summed E-state index contributed by atoms with van der Waals surface area (Å²) in [5.74, 6) is 0.908. The van der Waals surface area contributed by atoms with Gasteiger partial charge < -0.3 is 14.3 Å². The first kappa shape index (κ1) is 19.8. The number of benzene rings is 2. The first-order valence-corrected chi connectivity index (χ1v) is 11.4. The van der Waals surface area contributed by atoms with Gasteiger partial charge in [0.25, 0.3) is 5.91 Å². The van der Waals surface area contributed by atoms with E-state index in [0.717, 1.165) is 45.4 Å². The molecule has 0 unspecified atom stereocenters. The Morgan fingerprint density at radius 2 is 1.91 bits per heavy atom. The third-order valence-corrected chi connectivity index (χ3v) is 6.48. The molecular weight excluding hydrogens is 439 g/mol. The largest absolute Gasteiger partial charge is 0.451 e. The molecule has 6 rings (SSSR count). The number of pyridine rings is 1. The molecule has 0 spiro atoms. The summed E-state index contributed by atoms with van der Waals surface area (Å²) in [5.41, 5.74) is 4.05. The molecule has 1 aliphatic heterocycles. The quantitative estimate of drug-likeness (QED) is 0.367. The Balaban J connectivity index is 1.36. The van der Waals surface area contributed by atoms with Crippen molar-refractivity contribution < 1.29 is 13.6 Å². The Hall–Kier alpha value is -3.91. The van der Waals surface area contributed by atoms with E-state index in [1.54, 1.807) is 36.2 Å². The molecule has 1 aliphatic rings. The van der Waals surface area contributed by atoms with Crippen molar-refractivity contribution in [2.75, 3.05) is 11.1 Å². The average molecular weight is 457 g/mol. The van der Waals surface area contributed by atoms with Crippen LogP contribution in [0.1, 0.15) is 10.6 Å². The molecular formula is C25H17FN4O2S. The van der Waals surface area contributed by atoms with Crippen molar-refractivity contribution in [3.63, 3.8) is 0 Å². The molecule has 8 heteroatoms. The van der Waals surface area contributed by atoms with Crippen LogP contribution in [0.5, 0.6) is 0 Å². The molecule has 1 N–H and O–H groups in total. The van der Waals surface area contributed by atoms with Gasteiger partial charge in [-0.15, -0.1) is 0 Å². The Morgan fingerprint density at radius 1 is 1.06 bits per heavy atom. The number of fused-ring (bicyclic) bond motifs is 2. The van der Waals surface area contributed by atoms with Gasteiger partial charge in [0.1, 0.15) is 17.2 Å². The van der Waals surface area contributed by atoms with Gasteiger partial charge in [-0.05, 0) is 48.5 Å². The molecule has 4 heterocycles. The predicted molar refractivity (Wildman–Crippen MR) is 126 cm³/mol. The Labute approximate surface area is 192 Å². The van der Waals surface area contributed by atoms with Crippen LogP contribution in [0, 0.1) is 5.82 Å². The topological polar surface area (TPSA) is 73.0 Å². The van der Waals surface area contributed by atoms with E-state index >= 15 is 0 Å². The van der Waals surface area contributed by atoms with Crippen LogP contribution in [0.15, 0.2) is 82.5 Å². The van der Waals surface area contributed by atoms with Gasteiger partial charge in [-0.3, -0.25) is 4.79 Å². The molecule has 2 aromatic carbocycles. The first-order chi connectivity index (χ1) is 16.2. The van der Waals surface area contributed by atoms with Gasteiger partial charge in [-0.1, -0.05) is 30.0 Å². The summed E-state index contributed by atoms with van der Waals surface area (Å²) in [5, 5.41) is 4.61. The molecule has 0 atom stereocenters. The zero-order valence-electron chi connectivity index (χ0n) is 17.3. The summed E-state index contributed by atoms with van der Waals surface area (Å²) >= 11 is 1.69. The summed E-state index contributed by atoms with van der Waals surface area (Å²) in [6.07, 6.45) is 1.65. The van der Waals surface area contributed by atoms with Crippen LogP contribution in [0.25, 0.3) is 33.5 Å². The Bertz CT molecular complexity index is 1470. The maximum absolute atomic E-state index is 13.5. The third kappa shape index (κ3) is 3.58. The van der Waals surface area contributed by atoms with E-state index in [-0.39, 0.29) is 17.5 Å². The molecule has 162 valence electrons. The summed E-state index contributed by atoms with van der Waals surface area (Å²) in [6, 6.07) is 19.2. The number of hydrogen-bond acceptors (Lipinski definition) is 5. The van der Waals surface area contributed by atoms with Crippen LogP contribution >= 0.6 is 11.8 Å². The maximum atomic E-state index is 13.5. The molecule has 0 saturated carbocycles. The number of thioether (sulfide) groups is 1. The summed E-state index contributed by atoms with van der Waals surface area (Å²) in [4.78, 5) is 21.9. The third-order valence-electron chi connectivity index (χ3n) is 5.52. The number of carbonyl (C=O) groups excluding carboxylic acids is 1. The molecule has 0 saturated heterocycles. The van der Waals surface area contributed by atoms with Crippen molar-refractivity contribution in [2.45, 2.75) is 11.7 Å². The number of nitrogens with one attached hydrogen (secondary N) is 1. The van der Waals surface area contributed by atoms with Gasteiger partial charge in [-0.2, -0.15) is 0 Å². The summed E-state index contributed by atoms with van der Waals surface area (Å²) < 4.78 is 21.3. The lowest BCUT2D eigenvalue weighted by molar-refractivity contribution is 0.0998. The van der Waals surface area contributed by atoms with Crippen LogP contribution in [-0.4, -0.2) is 26.2 Å². The minimum absolute atomic E-state index is 0.219. The van der Waals surface area contributed by atoms with E-state index in [2.05, 4.69) is 14.9 Å². The van der Waals surface area contributed by atoms with Crippen molar-refractivity contribution >= 4 is 34.5 Å². The summed E-state index contributed by atoms with van der Waals surface area (Å²) in [7, 11) is 0. The second-order valence-corrected chi connectivity index (χ2v) is 8.69.